The van der Waals surface area contributed by atoms with E-state index in [1.165, 1.54) is 0 Å². The number of nitrogen functional groups attached to an aromatic ring is 1. The van der Waals surface area contributed by atoms with Gasteiger partial charge in [-0.3, -0.25) is 0 Å². The van der Waals surface area contributed by atoms with Crippen LogP contribution >= 0.6 is 0 Å². The van der Waals surface area contributed by atoms with Crippen LogP contribution in [-0.4, -0.2) is 9.97 Å². The number of benzene rings is 1. The third-order valence-corrected chi connectivity index (χ3v) is 2.34. The average molecular weight is 211 g/mol. The first-order valence-corrected chi connectivity index (χ1v) is 4.91. The van der Waals surface area contributed by atoms with Crippen LogP contribution in [0.15, 0.2) is 47.0 Å². The van der Waals surface area contributed by atoms with Gasteiger partial charge >= 0.3 is 0 Å². The molecule has 0 aliphatic carbocycles. The van der Waals surface area contributed by atoms with Crippen LogP contribution in [0.4, 0.5) is 5.69 Å². The molecular formula is C12H9N3O. The Hall–Kier alpha value is -2.36. The molecule has 0 aliphatic rings. The van der Waals surface area contributed by atoms with E-state index >= 15 is 0 Å². The van der Waals surface area contributed by atoms with Crippen molar-refractivity contribution in [1.82, 2.24) is 9.97 Å². The first-order chi connectivity index (χ1) is 7.84. The van der Waals surface area contributed by atoms with Crippen LogP contribution in [0.2, 0.25) is 0 Å². The fourth-order valence-electron chi connectivity index (χ4n) is 1.56. The molecule has 0 spiro atoms. The summed E-state index contributed by atoms with van der Waals surface area (Å²) in [5.41, 5.74) is 8.33. The van der Waals surface area contributed by atoms with Crippen LogP contribution < -0.4 is 5.73 Å². The third-order valence-electron chi connectivity index (χ3n) is 2.34. The Morgan fingerprint density at radius 2 is 1.88 bits per heavy atom. The number of hydrogen-bond donors (Lipinski definition) is 1. The predicted molar refractivity (Wildman–Crippen MR) is 61.7 cm³/mol. The molecule has 0 saturated carbocycles. The van der Waals surface area contributed by atoms with E-state index in [1.807, 2.05) is 30.3 Å². The largest absolute Gasteiger partial charge is 0.432 e. The summed E-state index contributed by atoms with van der Waals surface area (Å²) < 4.78 is 5.59. The van der Waals surface area contributed by atoms with E-state index in [1.54, 1.807) is 12.3 Å². The van der Waals surface area contributed by atoms with Crippen LogP contribution in [0.25, 0.3) is 22.7 Å². The maximum atomic E-state index is 5.77. The van der Waals surface area contributed by atoms with Gasteiger partial charge in [0.1, 0.15) is 0 Å². The molecular weight excluding hydrogens is 202 g/mol. The summed E-state index contributed by atoms with van der Waals surface area (Å²) in [5, 5.41) is 0. The molecule has 0 aliphatic heterocycles. The van der Waals surface area contributed by atoms with Gasteiger partial charge in [-0.15, -0.1) is 0 Å². The zero-order chi connectivity index (χ0) is 11.0. The standard InChI is InChI=1S/C12H9N3O/c13-9-6-7-14-11-10(9)16-12(15-11)8-4-2-1-3-5-8/h1-7H,(H2,13,14). The maximum absolute atomic E-state index is 5.77. The van der Waals surface area contributed by atoms with Gasteiger partial charge < -0.3 is 10.2 Å². The van der Waals surface area contributed by atoms with Gasteiger partial charge in [0.2, 0.25) is 11.5 Å². The summed E-state index contributed by atoms with van der Waals surface area (Å²) >= 11 is 0. The topological polar surface area (TPSA) is 64.9 Å². The third kappa shape index (κ3) is 1.32. The van der Waals surface area contributed by atoms with Crippen molar-refractivity contribution in [3.8, 4) is 11.5 Å². The number of hydrogen-bond acceptors (Lipinski definition) is 4. The lowest BCUT2D eigenvalue weighted by molar-refractivity contribution is 0.621. The van der Waals surface area contributed by atoms with Gasteiger partial charge in [0, 0.05) is 11.8 Å². The minimum atomic E-state index is 0.541. The minimum Gasteiger partial charge on any atom is -0.432 e. The van der Waals surface area contributed by atoms with Crippen LogP contribution in [0.5, 0.6) is 0 Å². The number of aromatic nitrogens is 2. The molecule has 3 aromatic rings. The molecule has 0 atom stereocenters. The molecule has 2 heterocycles. The summed E-state index contributed by atoms with van der Waals surface area (Å²) in [4.78, 5) is 8.39. The summed E-state index contributed by atoms with van der Waals surface area (Å²) in [6.07, 6.45) is 1.62. The second kappa shape index (κ2) is 3.34. The maximum Gasteiger partial charge on any atom is 0.228 e. The van der Waals surface area contributed by atoms with Crippen molar-refractivity contribution in [1.29, 1.82) is 0 Å². The van der Waals surface area contributed by atoms with E-state index in [0.717, 1.165) is 5.56 Å². The molecule has 1 aromatic carbocycles. The molecule has 16 heavy (non-hydrogen) atoms. The number of fused-ring (bicyclic) bond motifs is 1. The highest BCUT2D eigenvalue weighted by molar-refractivity contribution is 5.83. The van der Waals surface area contributed by atoms with E-state index in [9.17, 15) is 0 Å². The minimum absolute atomic E-state index is 0.541. The Morgan fingerprint density at radius 1 is 1.06 bits per heavy atom. The number of oxazole rings is 1. The summed E-state index contributed by atoms with van der Waals surface area (Å²) in [6.45, 7) is 0. The van der Waals surface area contributed by atoms with E-state index in [-0.39, 0.29) is 0 Å². The molecule has 78 valence electrons. The highest BCUT2D eigenvalue weighted by Crippen LogP contribution is 2.25. The zero-order valence-corrected chi connectivity index (χ0v) is 8.42. The molecule has 0 radical (unpaired) electrons. The van der Waals surface area contributed by atoms with Crippen molar-refractivity contribution >= 4 is 16.9 Å². The Bertz CT molecular complexity index is 631. The monoisotopic (exact) mass is 211 g/mol. The SMILES string of the molecule is Nc1ccnc2nc(-c3ccccc3)oc12. The van der Waals surface area contributed by atoms with Crippen LogP contribution in [0.1, 0.15) is 0 Å². The van der Waals surface area contributed by atoms with Crippen molar-refractivity contribution in [2.45, 2.75) is 0 Å². The first kappa shape index (κ1) is 8.91. The van der Waals surface area contributed by atoms with Crippen LogP contribution in [0, 0.1) is 0 Å². The smallest absolute Gasteiger partial charge is 0.228 e. The van der Waals surface area contributed by atoms with Gasteiger partial charge in [-0.25, -0.2) is 4.98 Å². The molecule has 3 rings (SSSR count). The molecule has 2 N–H and O–H groups in total. The fraction of sp³-hybridized carbons (Fsp3) is 0. The second-order valence-electron chi connectivity index (χ2n) is 3.44. The lowest BCUT2D eigenvalue weighted by Crippen LogP contribution is -1.85. The molecule has 2 aromatic heterocycles. The predicted octanol–water partition coefficient (Wildman–Crippen LogP) is 2.47. The van der Waals surface area contributed by atoms with E-state index in [4.69, 9.17) is 10.2 Å². The number of nitrogens with zero attached hydrogens (tertiary/aromatic N) is 2. The molecule has 4 nitrogen and oxygen atoms in total. The highest BCUT2D eigenvalue weighted by atomic mass is 16.3. The Kier molecular flexibility index (Phi) is 1.86. The van der Waals surface area contributed by atoms with Crippen molar-refractivity contribution in [3.63, 3.8) is 0 Å². The summed E-state index contributed by atoms with van der Waals surface area (Å²) in [6, 6.07) is 11.4. The van der Waals surface area contributed by atoms with E-state index in [2.05, 4.69) is 9.97 Å². The lowest BCUT2D eigenvalue weighted by Gasteiger charge is -1.92. The van der Waals surface area contributed by atoms with Gasteiger partial charge in [-0.2, -0.15) is 4.98 Å². The molecule has 0 saturated heterocycles. The molecule has 0 unspecified atom stereocenters. The number of anilines is 1. The molecule has 0 bridgehead atoms. The van der Waals surface area contributed by atoms with Gasteiger partial charge in [0.15, 0.2) is 5.58 Å². The normalized spacial score (nSPS) is 10.8. The summed E-state index contributed by atoms with van der Waals surface area (Å²) in [7, 11) is 0. The van der Waals surface area contributed by atoms with Crippen LogP contribution in [0.3, 0.4) is 0 Å². The van der Waals surface area contributed by atoms with Gasteiger partial charge in [-0.05, 0) is 18.2 Å². The number of nitrogens with two attached hydrogens (primary N) is 1. The van der Waals surface area contributed by atoms with Gasteiger partial charge in [0.05, 0.1) is 5.69 Å². The van der Waals surface area contributed by atoms with E-state index < -0.39 is 0 Å². The second-order valence-corrected chi connectivity index (χ2v) is 3.44. The van der Waals surface area contributed by atoms with E-state index in [0.29, 0.717) is 22.8 Å². The Morgan fingerprint density at radius 3 is 2.62 bits per heavy atom. The zero-order valence-electron chi connectivity index (χ0n) is 8.42. The molecule has 4 heteroatoms. The van der Waals surface area contributed by atoms with Crippen molar-refractivity contribution in [2.24, 2.45) is 0 Å². The van der Waals surface area contributed by atoms with Gasteiger partial charge in [-0.1, -0.05) is 18.2 Å². The highest BCUT2D eigenvalue weighted by Gasteiger charge is 2.10. The molecule has 0 amide bonds. The first-order valence-electron chi connectivity index (χ1n) is 4.91. The van der Waals surface area contributed by atoms with Crippen LogP contribution in [-0.2, 0) is 0 Å². The molecule has 0 fully saturated rings. The Balaban J connectivity index is 2.23. The number of pyridine rings is 1. The number of rotatable bonds is 1. The summed E-state index contributed by atoms with van der Waals surface area (Å²) in [5.74, 6) is 0.543. The lowest BCUT2D eigenvalue weighted by atomic mass is 10.2. The van der Waals surface area contributed by atoms with Crippen molar-refractivity contribution in [3.05, 3.63) is 42.6 Å². The van der Waals surface area contributed by atoms with Crippen molar-refractivity contribution < 1.29 is 4.42 Å². The van der Waals surface area contributed by atoms with Gasteiger partial charge in [0.25, 0.3) is 0 Å². The van der Waals surface area contributed by atoms with Crippen molar-refractivity contribution in [2.75, 3.05) is 5.73 Å². The Labute approximate surface area is 91.7 Å². The average Bonchev–Trinajstić information content (AvgIpc) is 2.76. The fourth-order valence-corrected chi connectivity index (χ4v) is 1.56. The quantitative estimate of drug-likeness (QED) is 0.671.